The molecule has 0 heterocycles. The predicted octanol–water partition coefficient (Wildman–Crippen LogP) is 2.53. The number of phenols is 1. The van der Waals surface area contributed by atoms with E-state index in [0.29, 0.717) is 25.3 Å². The standard InChI is InChI=1S/C17H23N3O3/c1-2-3-9-23-10-5-8-19-17(22)14(12-18)13-20-15-6-4-7-16(21)11-15/h4,6-7,11,13,20-21H,2-3,5,8-10H2,1H3,(H,19,22)/b14-13-. The number of phenolic OH excluding ortho intramolecular Hbond substituents is 1. The summed E-state index contributed by atoms with van der Waals surface area (Å²) in [5.41, 5.74) is 0.565. The zero-order chi connectivity index (χ0) is 16.9. The molecule has 1 aromatic carbocycles. The average Bonchev–Trinajstić information content (AvgIpc) is 2.54. The first kappa shape index (κ1) is 18.5. The van der Waals surface area contributed by atoms with E-state index in [0.717, 1.165) is 19.4 Å². The van der Waals surface area contributed by atoms with E-state index in [1.165, 1.54) is 18.3 Å². The fourth-order valence-corrected chi connectivity index (χ4v) is 1.72. The number of ether oxygens (including phenoxy) is 1. The van der Waals surface area contributed by atoms with E-state index >= 15 is 0 Å². The van der Waals surface area contributed by atoms with Gasteiger partial charge in [0, 0.05) is 37.7 Å². The molecule has 0 aliphatic rings. The molecule has 1 amide bonds. The summed E-state index contributed by atoms with van der Waals surface area (Å²) in [5.74, 6) is -0.330. The Labute approximate surface area is 136 Å². The monoisotopic (exact) mass is 317 g/mol. The predicted molar refractivity (Wildman–Crippen MR) is 88.8 cm³/mol. The molecule has 6 nitrogen and oxygen atoms in total. The Morgan fingerprint density at radius 1 is 1.39 bits per heavy atom. The minimum Gasteiger partial charge on any atom is -0.508 e. The maximum atomic E-state index is 11.9. The number of aromatic hydroxyl groups is 1. The summed E-state index contributed by atoms with van der Waals surface area (Å²) in [6.45, 7) is 3.88. The number of hydrogen-bond acceptors (Lipinski definition) is 5. The van der Waals surface area contributed by atoms with Crippen LogP contribution in [0.15, 0.2) is 36.0 Å². The smallest absolute Gasteiger partial charge is 0.263 e. The number of nitrogens with one attached hydrogen (secondary N) is 2. The molecule has 0 unspecified atom stereocenters. The summed E-state index contributed by atoms with van der Waals surface area (Å²) in [6.07, 6.45) is 4.16. The van der Waals surface area contributed by atoms with Crippen LogP contribution in [0.4, 0.5) is 5.69 Å². The number of carbonyl (C=O) groups excluding carboxylic acids is 1. The highest BCUT2D eigenvalue weighted by Gasteiger charge is 2.07. The van der Waals surface area contributed by atoms with Crippen molar-refractivity contribution in [3.63, 3.8) is 0 Å². The highest BCUT2D eigenvalue weighted by Crippen LogP contribution is 2.15. The Bertz CT molecular complexity index is 564. The summed E-state index contributed by atoms with van der Waals surface area (Å²) in [4.78, 5) is 11.9. The molecule has 1 aromatic rings. The molecule has 23 heavy (non-hydrogen) atoms. The molecule has 3 N–H and O–H groups in total. The van der Waals surface area contributed by atoms with Crippen LogP contribution in [0.25, 0.3) is 0 Å². The number of benzene rings is 1. The average molecular weight is 317 g/mol. The Hall–Kier alpha value is -2.52. The molecule has 0 saturated heterocycles. The quantitative estimate of drug-likeness (QED) is 0.350. The number of nitriles is 1. The van der Waals surface area contributed by atoms with Gasteiger partial charge in [-0.15, -0.1) is 0 Å². The van der Waals surface area contributed by atoms with Crippen LogP contribution in [0.3, 0.4) is 0 Å². The second-order valence-corrected chi connectivity index (χ2v) is 4.94. The highest BCUT2D eigenvalue weighted by atomic mass is 16.5. The normalized spacial score (nSPS) is 10.9. The van der Waals surface area contributed by atoms with Gasteiger partial charge in [-0.25, -0.2) is 0 Å². The van der Waals surface area contributed by atoms with Crippen molar-refractivity contribution in [2.24, 2.45) is 0 Å². The molecule has 124 valence electrons. The van der Waals surface area contributed by atoms with Crippen molar-refractivity contribution >= 4 is 11.6 Å². The topological polar surface area (TPSA) is 94.4 Å². The van der Waals surface area contributed by atoms with Gasteiger partial charge in [-0.05, 0) is 25.0 Å². The van der Waals surface area contributed by atoms with Crippen molar-refractivity contribution < 1.29 is 14.6 Å². The summed E-state index contributed by atoms with van der Waals surface area (Å²) >= 11 is 0. The molecule has 0 aromatic heterocycles. The maximum absolute atomic E-state index is 11.9. The lowest BCUT2D eigenvalue weighted by Crippen LogP contribution is -2.26. The lowest BCUT2D eigenvalue weighted by Gasteiger charge is -2.06. The molecule has 0 bridgehead atoms. The number of amides is 1. The maximum Gasteiger partial charge on any atom is 0.263 e. The van der Waals surface area contributed by atoms with Crippen molar-refractivity contribution in [1.82, 2.24) is 5.32 Å². The van der Waals surface area contributed by atoms with E-state index in [9.17, 15) is 9.90 Å². The van der Waals surface area contributed by atoms with Crippen LogP contribution in [-0.2, 0) is 9.53 Å². The summed E-state index contributed by atoms with van der Waals surface area (Å²) in [7, 11) is 0. The second kappa shape index (κ2) is 11.1. The second-order valence-electron chi connectivity index (χ2n) is 4.94. The Morgan fingerprint density at radius 3 is 2.87 bits per heavy atom. The van der Waals surface area contributed by atoms with E-state index in [-0.39, 0.29) is 11.3 Å². The number of rotatable bonds is 10. The Kier molecular flexibility index (Phi) is 8.94. The fraction of sp³-hybridized carbons (Fsp3) is 0.412. The van der Waals surface area contributed by atoms with E-state index in [4.69, 9.17) is 10.00 Å². The van der Waals surface area contributed by atoms with Crippen molar-refractivity contribution in [2.75, 3.05) is 25.1 Å². The van der Waals surface area contributed by atoms with Crippen molar-refractivity contribution in [3.05, 3.63) is 36.0 Å². The molecular weight excluding hydrogens is 294 g/mol. The van der Waals surface area contributed by atoms with E-state index in [1.807, 2.05) is 6.07 Å². The molecule has 0 fully saturated rings. The lowest BCUT2D eigenvalue weighted by atomic mass is 10.2. The number of anilines is 1. The Morgan fingerprint density at radius 2 is 2.17 bits per heavy atom. The van der Waals surface area contributed by atoms with Crippen molar-refractivity contribution in [2.45, 2.75) is 26.2 Å². The number of hydrogen-bond donors (Lipinski definition) is 3. The van der Waals surface area contributed by atoms with Gasteiger partial charge in [0.05, 0.1) is 0 Å². The van der Waals surface area contributed by atoms with Gasteiger partial charge < -0.3 is 20.5 Å². The van der Waals surface area contributed by atoms with Crippen LogP contribution in [-0.4, -0.2) is 30.8 Å². The summed E-state index contributed by atoms with van der Waals surface area (Å²) in [6, 6.07) is 8.26. The fourth-order valence-electron chi connectivity index (χ4n) is 1.72. The van der Waals surface area contributed by atoms with Crippen LogP contribution in [0.2, 0.25) is 0 Å². The van der Waals surface area contributed by atoms with Gasteiger partial charge in [0.15, 0.2) is 0 Å². The lowest BCUT2D eigenvalue weighted by molar-refractivity contribution is -0.117. The Balaban J connectivity index is 2.34. The minimum absolute atomic E-state index is 0.0276. The van der Waals surface area contributed by atoms with Gasteiger partial charge >= 0.3 is 0 Å². The van der Waals surface area contributed by atoms with Crippen LogP contribution in [0.1, 0.15) is 26.2 Å². The summed E-state index contributed by atoms with van der Waals surface area (Å²) in [5, 5.41) is 23.9. The third-order valence-electron chi connectivity index (χ3n) is 2.99. The van der Waals surface area contributed by atoms with Gasteiger partial charge in [-0.2, -0.15) is 5.26 Å². The van der Waals surface area contributed by atoms with E-state index < -0.39 is 5.91 Å². The van der Waals surface area contributed by atoms with E-state index in [1.54, 1.807) is 12.1 Å². The molecular formula is C17H23N3O3. The van der Waals surface area contributed by atoms with Gasteiger partial charge in [0.25, 0.3) is 5.91 Å². The third-order valence-corrected chi connectivity index (χ3v) is 2.99. The molecule has 0 aliphatic heterocycles. The van der Waals surface area contributed by atoms with Gasteiger partial charge in [0.2, 0.25) is 0 Å². The molecule has 0 spiro atoms. The SMILES string of the molecule is CCCCOCCCNC(=O)/C(C#N)=C\Nc1cccc(O)c1. The first-order chi connectivity index (χ1) is 11.2. The van der Waals surface area contributed by atoms with Gasteiger partial charge in [0.1, 0.15) is 17.4 Å². The molecule has 0 radical (unpaired) electrons. The first-order valence-corrected chi connectivity index (χ1v) is 7.69. The molecule has 6 heteroatoms. The zero-order valence-electron chi connectivity index (χ0n) is 13.3. The zero-order valence-corrected chi connectivity index (χ0v) is 13.3. The number of carbonyl (C=O) groups is 1. The molecule has 0 saturated carbocycles. The number of unbranched alkanes of at least 4 members (excludes halogenated alkanes) is 1. The number of nitrogens with zero attached hydrogens (tertiary/aromatic N) is 1. The largest absolute Gasteiger partial charge is 0.508 e. The minimum atomic E-state index is -0.436. The van der Waals surface area contributed by atoms with Crippen LogP contribution < -0.4 is 10.6 Å². The molecule has 0 aliphatic carbocycles. The summed E-state index contributed by atoms with van der Waals surface area (Å²) < 4.78 is 5.39. The van der Waals surface area contributed by atoms with Gasteiger partial charge in [-0.1, -0.05) is 19.4 Å². The van der Waals surface area contributed by atoms with Crippen molar-refractivity contribution in [3.8, 4) is 11.8 Å². The highest BCUT2D eigenvalue weighted by molar-refractivity contribution is 5.97. The van der Waals surface area contributed by atoms with Crippen LogP contribution in [0.5, 0.6) is 5.75 Å². The molecule has 0 atom stereocenters. The van der Waals surface area contributed by atoms with Crippen molar-refractivity contribution in [1.29, 1.82) is 5.26 Å². The third kappa shape index (κ3) is 7.88. The van der Waals surface area contributed by atoms with E-state index in [2.05, 4.69) is 17.6 Å². The van der Waals surface area contributed by atoms with Crippen LogP contribution >= 0.6 is 0 Å². The van der Waals surface area contributed by atoms with Crippen LogP contribution in [0, 0.1) is 11.3 Å². The van der Waals surface area contributed by atoms with Gasteiger partial charge in [-0.3, -0.25) is 4.79 Å². The molecule has 1 rings (SSSR count). The first-order valence-electron chi connectivity index (χ1n) is 7.69.